The van der Waals surface area contributed by atoms with Gasteiger partial charge in [-0.3, -0.25) is 4.98 Å². The zero-order valence-corrected chi connectivity index (χ0v) is 11.9. The Morgan fingerprint density at radius 2 is 1.83 bits per heavy atom. The molecular weight excluding hydrogens is 290 g/mol. The van der Waals surface area contributed by atoms with Gasteiger partial charge in [-0.1, -0.05) is 31.2 Å². The maximum Gasteiger partial charge on any atom is 0.101 e. The van der Waals surface area contributed by atoms with Gasteiger partial charge in [0.2, 0.25) is 0 Å². The second kappa shape index (κ2) is 6.12. The van der Waals surface area contributed by atoms with Gasteiger partial charge in [0, 0.05) is 17.1 Å². The lowest BCUT2D eigenvalue weighted by atomic mass is 10.0. The van der Waals surface area contributed by atoms with Crippen molar-refractivity contribution in [2.45, 2.75) is 25.9 Å². The van der Waals surface area contributed by atoms with Gasteiger partial charge in [-0.2, -0.15) is 0 Å². The molecule has 0 aliphatic carbocycles. The molecule has 0 saturated heterocycles. The summed E-state index contributed by atoms with van der Waals surface area (Å²) in [6, 6.07) is 12.1. The van der Waals surface area contributed by atoms with Crippen LogP contribution in [0.3, 0.4) is 0 Å². The van der Waals surface area contributed by atoms with Crippen molar-refractivity contribution < 1.29 is 5.11 Å². The van der Waals surface area contributed by atoms with Gasteiger partial charge >= 0.3 is 0 Å². The summed E-state index contributed by atoms with van der Waals surface area (Å²) in [5.41, 5.74) is 3.13. The van der Waals surface area contributed by atoms with Gasteiger partial charge in [-0.15, -0.1) is 0 Å². The third-order valence-electron chi connectivity index (χ3n) is 2.96. The molecule has 0 amide bonds. The fourth-order valence-electron chi connectivity index (χ4n) is 1.87. The maximum atomic E-state index is 10.2. The SMILES string of the molecule is CCc1ccc(CC(O)c2ncccc2Br)cc1. The third-order valence-corrected chi connectivity index (χ3v) is 3.63. The summed E-state index contributed by atoms with van der Waals surface area (Å²) in [6.45, 7) is 2.13. The van der Waals surface area contributed by atoms with Gasteiger partial charge in [-0.05, 0) is 45.6 Å². The molecule has 0 bridgehead atoms. The molecule has 0 radical (unpaired) electrons. The fraction of sp³-hybridized carbons (Fsp3) is 0.267. The van der Waals surface area contributed by atoms with E-state index >= 15 is 0 Å². The molecule has 1 atom stereocenters. The molecule has 94 valence electrons. The van der Waals surface area contributed by atoms with Crippen molar-refractivity contribution in [1.29, 1.82) is 0 Å². The number of rotatable bonds is 4. The summed E-state index contributed by atoms with van der Waals surface area (Å²) in [4.78, 5) is 4.21. The highest BCUT2D eigenvalue weighted by Gasteiger charge is 2.12. The van der Waals surface area contributed by atoms with Crippen LogP contribution in [-0.2, 0) is 12.8 Å². The number of aliphatic hydroxyl groups is 1. The van der Waals surface area contributed by atoms with Crippen molar-refractivity contribution in [2.24, 2.45) is 0 Å². The van der Waals surface area contributed by atoms with E-state index in [1.807, 2.05) is 12.1 Å². The first-order valence-corrected chi connectivity index (χ1v) is 6.86. The highest BCUT2D eigenvalue weighted by molar-refractivity contribution is 9.10. The number of hydrogen-bond acceptors (Lipinski definition) is 2. The molecule has 1 unspecified atom stereocenters. The number of aromatic nitrogens is 1. The van der Waals surface area contributed by atoms with Gasteiger partial charge in [0.05, 0.1) is 5.69 Å². The largest absolute Gasteiger partial charge is 0.386 e. The van der Waals surface area contributed by atoms with Crippen LogP contribution in [0.4, 0.5) is 0 Å². The van der Waals surface area contributed by atoms with Crippen molar-refractivity contribution in [3.05, 3.63) is 63.9 Å². The number of nitrogens with zero attached hydrogens (tertiary/aromatic N) is 1. The van der Waals surface area contributed by atoms with E-state index in [4.69, 9.17) is 0 Å². The minimum atomic E-state index is -0.576. The number of benzene rings is 1. The molecule has 3 heteroatoms. The lowest BCUT2D eigenvalue weighted by Gasteiger charge is -2.12. The highest BCUT2D eigenvalue weighted by Crippen LogP contribution is 2.23. The molecule has 1 aromatic carbocycles. The van der Waals surface area contributed by atoms with E-state index in [1.165, 1.54) is 5.56 Å². The van der Waals surface area contributed by atoms with E-state index in [1.54, 1.807) is 6.20 Å². The van der Waals surface area contributed by atoms with Gasteiger partial charge in [0.25, 0.3) is 0 Å². The molecule has 2 rings (SSSR count). The van der Waals surface area contributed by atoms with Crippen LogP contribution in [0.5, 0.6) is 0 Å². The van der Waals surface area contributed by atoms with Crippen molar-refractivity contribution in [1.82, 2.24) is 4.98 Å². The monoisotopic (exact) mass is 305 g/mol. The van der Waals surface area contributed by atoms with Crippen LogP contribution in [0.25, 0.3) is 0 Å². The lowest BCUT2D eigenvalue weighted by Crippen LogP contribution is -2.05. The first-order valence-electron chi connectivity index (χ1n) is 6.07. The zero-order chi connectivity index (χ0) is 13.0. The van der Waals surface area contributed by atoms with Crippen LogP contribution in [0, 0.1) is 0 Å². The Labute approximate surface area is 116 Å². The van der Waals surface area contributed by atoms with Crippen LogP contribution < -0.4 is 0 Å². The highest BCUT2D eigenvalue weighted by atomic mass is 79.9. The van der Waals surface area contributed by atoms with E-state index in [0.29, 0.717) is 12.1 Å². The summed E-state index contributed by atoms with van der Waals surface area (Å²) in [7, 11) is 0. The van der Waals surface area contributed by atoms with Gasteiger partial charge in [0.1, 0.15) is 6.10 Å². The summed E-state index contributed by atoms with van der Waals surface area (Å²) < 4.78 is 0.850. The Balaban J connectivity index is 2.11. The van der Waals surface area contributed by atoms with Gasteiger partial charge < -0.3 is 5.11 Å². The minimum absolute atomic E-state index is 0.576. The number of aryl methyl sites for hydroxylation is 1. The second-order valence-electron chi connectivity index (χ2n) is 4.26. The molecule has 0 saturated carbocycles. The molecular formula is C15H16BrNO. The fourth-order valence-corrected chi connectivity index (χ4v) is 2.39. The van der Waals surface area contributed by atoms with Crippen molar-refractivity contribution in [3.63, 3.8) is 0 Å². The quantitative estimate of drug-likeness (QED) is 0.934. The summed E-state index contributed by atoms with van der Waals surface area (Å²) >= 11 is 3.41. The van der Waals surface area contributed by atoms with E-state index in [9.17, 15) is 5.11 Å². The van der Waals surface area contributed by atoms with Crippen molar-refractivity contribution in [3.8, 4) is 0 Å². The van der Waals surface area contributed by atoms with Crippen LogP contribution in [0.1, 0.15) is 29.8 Å². The molecule has 1 N–H and O–H groups in total. The number of halogens is 1. The van der Waals surface area contributed by atoms with Crippen molar-refractivity contribution >= 4 is 15.9 Å². The number of aliphatic hydroxyl groups excluding tert-OH is 1. The summed E-state index contributed by atoms with van der Waals surface area (Å²) in [5.74, 6) is 0. The van der Waals surface area contributed by atoms with E-state index < -0.39 is 6.10 Å². The first kappa shape index (κ1) is 13.2. The Morgan fingerprint density at radius 3 is 2.44 bits per heavy atom. The minimum Gasteiger partial charge on any atom is -0.386 e. The normalized spacial score (nSPS) is 12.4. The Morgan fingerprint density at radius 1 is 1.17 bits per heavy atom. The second-order valence-corrected chi connectivity index (χ2v) is 5.11. The molecule has 2 nitrogen and oxygen atoms in total. The van der Waals surface area contributed by atoms with Crippen LogP contribution in [-0.4, -0.2) is 10.1 Å². The van der Waals surface area contributed by atoms with Crippen LogP contribution in [0.2, 0.25) is 0 Å². The van der Waals surface area contributed by atoms with E-state index in [0.717, 1.165) is 16.5 Å². The summed E-state index contributed by atoms with van der Waals surface area (Å²) in [5, 5.41) is 10.2. The molecule has 18 heavy (non-hydrogen) atoms. The van der Waals surface area contributed by atoms with Crippen LogP contribution in [0.15, 0.2) is 47.1 Å². The standard InChI is InChI=1S/C15H16BrNO/c1-2-11-5-7-12(8-6-11)10-14(18)15-13(16)4-3-9-17-15/h3-9,14,18H,2,10H2,1H3. The zero-order valence-electron chi connectivity index (χ0n) is 10.3. The predicted octanol–water partition coefficient (Wildman–Crippen LogP) is 3.68. The predicted molar refractivity (Wildman–Crippen MR) is 76.4 cm³/mol. The summed E-state index contributed by atoms with van der Waals surface area (Å²) in [6.07, 6.45) is 2.74. The molecule has 2 aromatic rings. The third kappa shape index (κ3) is 3.18. The Hall–Kier alpha value is -1.19. The molecule has 0 aliphatic heterocycles. The van der Waals surface area contributed by atoms with E-state index in [-0.39, 0.29) is 0 Å². The van der Waals surface area contributed by atoms with Gasteiger partial charge in [-0.25, -0.2) is 0 Å². The average molecular weight is 306 g/mol. The molecule has 1 aromatic heterocycles. The molecule has 1 heterocycles. The van der Waals surface area contributed by atoms with Crippen LogP contribution >= 0.6 is 15.9 Å². The first-order chi connectivity index (χ1) is 8.70. The molecule has 0 aliphatic rings. The Kier molecular flexibility index (Phi) is 4.50. The van der Waals surface area contributed by atoms with E-state index in [2.05, 4.69) is 52.1 Å². The molecule has 0 fully saturated rings. The molecule has 0 spiro atoms. The average Bonchev–Trinajstić information content (AvgIpc) is 2.40. The topological polar surface area (TPSA) is 33.1 Å². The smallest absolute Gasteiger partial charge is 0.101 e. The number of pyridine rings is 1. The van der Waals surface area contributed by atoms with Gasteiger partial charge in [0.15, 0.2) is 0 Å². The van der Waals surface area contributed by atoms with Crippen molar-refractivity contribution in [2.75, 3.05) is 0 Å². The maximum absolute atomic E-state index is 10.2. The number of hydrogen-bond donors (Lipinski definition) is 1. The Bertz CT molecular complexity index is 510. The lowest BCUT2D eigenvalue weighted by molar-refractivity contribution is 0.173.